The first-order chi connectivity index (χ1) is 14.7. The molecule has 0 unspecified atom stereocenters. The van der Waals surface area contributed by atoms with Crippen molar-refractivity contribution >= 4 is 11.8 Å². The van der Waals surface area contributed by atoms with Crippen molar-refractivity contribution in [1.82, 2.24) is 9.80 Å². The van der Waals surface area contributed by atoms with Crippen LogP contribution in [0.3, 0.4) is 0 Å². The van der Waals surface area contributed by atoms with Crippen molar-refractivity contribution in [3.63, 3.8) is 0 Å². The number of phenolic OH excluding ortho intramolecular Hbond substituents is 3. The van der Waals surface area contributed by atoms with Gasteiger partial charge in [0.2, 0.25) is 0 Å². The van der Waals surface area contributed by atoms with Gasteiger partial charge in [-0.15, -0.1) is 0 Å². The van der Waals surface area contributed by atoms with Crippen LogP contribution in [-0.4, -0.2) is 69.7 Å². The fourth-order valence-electron chi connectivity index (χ4n) is 3.65. The zero-order valence-electron chi connectivity index (χ0n) is 18.0. The molecule has 2 aromatic carbocycles. The van der Waals surface area contributed by atoms with E-state index >= 15 is 0 Å². The molecule has 0 bridgehead atoms. The first kappa shape index (κ1) is 22.3. The van der Waals surface area contributed by atoms with Gasteiger partial charge in [0.15, 0.2) is 23.9 Å². The molecule has 8 heteroatoms. The van der Waals surface area contributed by atoms with Crippen LogP contribution in [0.1, 0.15) is 33.5 Å². The van der Waals surface area contributed by atoms with E-state index < -0.39 is 17.2 Å². The van der Waals surface area contributed by atoms with Crippen LogP contribution < -0.4 is 4.74 Å². The zero-order chi connectivity index (χ0) is 22.7. The molecule has 0 spiro atoms. The molecule has 1 heterocycles. The number of carbonyl (C=O) groups is 2. The molecular formula is C23H28N2O6. The highest BCUT2D eigenvalue weighted by Crippen LogP contribution is 2.35. The summed E-state index contributed by atoms with van der Waals surface area (Å²) in [5.41, 5.74) is 3.16. The van der Waals surface area contributed by atoms with E-state index in [1.807, 2.05) is 32.9 Å². The van der Waals surface area contributed by atoms with Crippen molar-refractivity contribution in [2.45, 2.75) is 27.2 Å². The van der Waals surface area contributed by atoms with E-state index in [9.17, 15) is 24.9 Å². The number of rotatable bonds is 4. The molecule has 1 aliphatic heterocycles. The van der Waals surface area contributed by atoms with Crippen LogP contribution in [0.5, 0.6) is 23.0 Å². The molecule has 0 radical (unpaired) electrons. The first-order valence-corrected chi connectivity index (χ1v) is 10.2. The quantitative estimate of drug-likeness (QED) is 0.646. The summed E-state index contributed by atoms with van der Waals surface area (Å²) in [4.78, 5) is 28.7. The molecule has 1 saturated heterocycles. The average molecular weight is 428 g/mol. The second-order valence-corrected chi connectivity index (χ2v) is 7.83. The van der Waals surface area contributed by atoms with Crippen molar-refractivity contribution in [3.8, 4) is 23.0 Å². The highest BCUT2D eigenvalue weighted by molar-refractivity contribution is 5.95. The number of carbonyl (C=O) groups excluding carboxylic acids is 2. The van der Waals surface area contributed by atoms with Crippen molar-refractivity contribution in [3.05, 3.63) is 46.5 Å². The summed E-state index contributed by atoms with van der Waals surface area (Å²) in [7, 11) is 0. The number of aromatic hydroxyl groups is 3. The Morgan fingerprint density at radius 1 is 0.903 bits per heavy atom. The van der Waals surface area contributed by atoms with Gasteiger partial charge < -0.3 is 29.9 Å². The maximum atomic E-state index is 12.8. The minimum absolute atomic E-state index is 0.0706. The Labute approximate surface area is 181 Å². The molecular weight excluding hydrogens is 400 g/mol. The molecule has 8 nitrogen and oxygen atoms in total. The van der Waals surface area contributed by atoms with Crippen molar-refractivity contribution in [1.29, 1.82) is 0 Å². The van der Waals surface area contributed by atoms with Gasteiger partial charge >= 0.3 is 0 Å². The van der Waals surface area contributed by atoms with Gasteiger partial charge in [-0.1, -0.05) is 12.1 Å². The summed E-state index contributed by atoms with van der Waals surface area (Å²) < 4.78 is 5.83. The lowest BCUT2D eigenvalue weighted by atomic mass is 10.1. The third kappa shape index (κ3) is 4.84. The van der Waals surface area contributed by atoms with E-state index in [0.717, 1.165) is 34.6 Å². The fraction of sp³-hybridized carbons (Fsp3) is 0.391. The Balaban J connectivity index is 1.61. The Hall–Kier alpha value is -3.42. The lowest BCUT2D eigenvalue weighted by Crippen LogP contribution is -2.39. The largest absolute Gasteiger partial charge is 0.504 e. The van der Waals surface area contributed by atoms with Crippen LogP contribution in [0.15, 0.2) is 24.3 Å². The molecule has 3 N–H and O–H groups in total. The third-order valence-electron chi connectivity index (χ3n) is 5.67. The molecule has 1 aliphatic rings. The highest BCUT2D eigenvalue weighted by Gasteiger charge is 2.24. The molecule has 0 atom stereocenters. The monoisotopic (exact) mass is 428 g/mol. The summed E-state index contributed by atoms with van der Waals surface area (Å²) in [6.45, 7) is 7.45. The minimum Gasteiger partial charge on any atom is -0.504 e. The molecule has 0 aliphatic carbocycles. The maximum absolute atomic E-state index is 12.8. The summed E-state index contributed by atoms with van der Waals surface area (Å²) in [6, 6.07) is 6.22. The maximum Gasteiger partial charge on any atom is 0.260 e. The lowest BCUT2D eigenvalue weighted by Gasteiger charge is -2.23. The van der Waals surface area contributed by atoms with Crippen LogP contribution in [-0.2, 0) is 4.79 Å². The Morgan fingerprint density at radius 3 is 2.16 bits per heavy atom. The van der Waals surface area contributed by atoms with Gasteiger partial charge in [0, 0.05) is 31.7 Å². The van der Waals surface area contributed by atoms with E-state index in [4.69, 9.17) is 4.74 Å². The highest BCUT2D eigenvalue weighted by atomic mass is 16.5. The van der Waals surface area contributed by atoms with E-state index in [0.29, 0.717) is 32.6 Å². The molecule has 3 rings (SSSR count). The Kier molecular flexibility index (Phi) is 6.58. The van der Waals surface area contributed by atoms with Crippen LogP contribution in [0, 0.1) is 20.8 Å². The number of aryl methyl sites for hydroxylation is 2. The summed E-state index contributed by atoms with van der Waals surface area (Å²) in [5, 5.41) is 28.8. The summed E-state index contributed by atoms with van der Waals surface area (Å²) >= 11 is 0. The van der Waals surface area contributed by atoms with E-state index in [-0.39, 0.29) is 24.0 Å². The van der Waals surface area contributed by atoms with Crippen LogP contribution >= 0.6 is 0 Å². The van der Waals surface area contributed by atoms with Gasteiger partial charge in [-0.05, 0) is 56.0 Å². The fourth-order valence-corrected chi connectivity index (χ4v) is 3.65. The zero-order valence-corrected chi connectivity index (χ0v) is 18.0. The standard InChI is InChI=1S/C23H28N2O6/c1-14-5-6-15(2)22(16(14)3)31-13-20(28)24-7-4-8-25(10-9-24)23(30)17-11-18(26)21(29)19(27)12-17/h5-6,11-12,26-27,29H,4,7-10,13H2,1-3H3. The minimum atomic E-state index is -0.664. The number of phenols is 3. The predicted molar refractivity (Wildman–Crippen MR) is 115 cm³/mol. The molecule has 2 amide bonds. The van der Waals surface area contributed by atoms with Crippen LogP contribution in [0.2, 0.25) is 0 Å². The van der Waals surface area contributed by atoms with Gasteiger partial charge in [-0.25, -0.2) is 0 Å². The van der Waals surface area contributed by atoms with Gasteiger partial charge in [-0.2, -0.15) is 0 Å². The first-order valence-electron chi connectivity index (χ1n) is 10.2. The van der Waals surface area contributed by atoms with Crippen LogP contribution in [0.25, 0.3) is 0 Å². The number of hydrogen-bond acceptors (Lipinski definition) is 6. The van der Waals surface area contributed by atoms with Crippen molar-refractivity contribution in [2.24, 2.45) is 0 Å². The molecule has 31 heavy (non-hydrogen) atoms. The van der Waals surface area contributed by atoms with Gasteiger partial charge in [-0.3, -0.25) is 9.59 Å². The Bertz CT molecular complexity index is 981. The van der Waals surface area contributed by atoms with E-state index in [1.54, 1.807) is 9.80 Å². The summed E-state index contributed by atoms with van der Waals surface area (Å²) in [6.07, 6.45) is 0.593. The Morgan fingerprint density at radius 2 is 1.48 bits per heavy atom. The average Bonchev–Trinajstić information content (AvgIpc) is 3.00. The van der Waals surface area contributed by atoms with Crippen molar-refractivity contribution in [2.75, 3.05) is 32.8 Å². The van der Waals surface area contributed by atoms with Crippen molar-refractivity contribution < 1.29 is 29.6 Å². The molecule has 0 aromatic heterocycles. The molecule has 2 aromatic rings. The number of nitrogens with zero attached hydrogens (tertiary/aromatic N) is 2. The molecule has 0 saturated carbocycles. The summed E-state index contributed by atoms with van der Waals surface area (Å²) in [5.74, 6) is -1.59. The second kappa shape index (κ2) is 9.16. The second-order valence-electron chi connectivity index (χ2n) is 7.83. The molecule has 1 fully saturated rings. The number of hydrogen-bond donors (Lipinski definition) is 3. The van der Waals surface area contributed by atoms with Gasteiger partial charge in [0.25, 0.3) is 11.8 Å². The van der Waals surface area contributed by atoms with E-state index in [1.165, 1.54) is 0 Å². The van der Waals surface area contributed by atoms with Gasteiger partial charge in [0.1, 0.15) is 5.75 Å². The van der Waals surface area contributed by atoms with E-state index in [2.05, 4.69) is 0 Å². The van der Waals surface area contributed by atoms with Crippen LogP contribution in [0.4, 0.5) is 0 Å². The predicted octanol–water partition coefficient (Wildman–Crippen LogP) is 2.48. The topological polar surface area (TPSA) is 111 Å². The smallest absolute Gasteiger partial charge is 0.260 e. The van der Waals surface area contributed by atoms with Gasteiger partial charge in [0.05, 0.1) is 0 Å². The number of amides is 2. The normalized spacial score (nSPS) is 14.3. The SMILES string of the molecule is Cc1ccc(C)c(OCC(=O)N2CCCN(C(=O)c3cc(O)c(O)c(O)c3)CC2)c1C. The molecule has 166 valence electrons. The number of ether oxygens (including phenoxy) is 1. The number of benzene rings is 2. The third-order valence-corrected chi connectivity index (χ3v) is 5.67. The lowest BCUT2D eigenvalue weighted by molar-refractivity contribution is -0.133.